The smallest absolute Gasteiger partial charge is 0.323 e. The van der Waals surface area contributed by atoms with E-state index in [0.29, 0.717) is 6.42 Å². The molecule has 1 aliphatic heterocycles. The van der Waals surface area contributed by atoms with E-state index in [4.69, 9.17) is 21.4 Å². The maximum absolute atomic E-state index is 11.6. The fourth-order valence-corrected chi connectivity index (χ4v) is 4.12. The molecular weight excluding hydrogens is 322 g/mol. The quantitative estimate of drug-likeness (QED) is 0.813. The van der Waals surface area contributed by atoms with Crippen LogP contribution in [0.5, 0.6) is 6.01 Å². The van der Waals surface area contributed by atoms with Crippen molar-refractivity contribution in [3.63, 3.8) is 0 Å². The number of halogens is 1. The Balaban J connectivity index is 2.38. The summed E-state index contributed by atoms with van der Waals surface area (Å²) >= 11 is 6.02. The van der Waals surface area contributed by atoms with E-state index in [9.17, 15) is 13.2 Å². The van der Waals surface area contributed by atoms with Gasteiger partial charge in [0.25, 0.3) is 0 Å². The Bertz CT molecular complexity index is 651. The maximum atomic E-state index is 11.6. The van der Waals surface area contributed by atoms with Gasteiger partial charge in [0, 0.05) is 6.04 Å². The van der Waals surface area contributed by atoms with Crippen molar-refractivity contribution in [2.24, 2.45) is 0 Å². The average Bonchev–Trinajstić information content (AvgIpc) is 2.77. The molecule has 21 heavy (non-hydrogen) atoms. The van der Waals surface area contributed by atoms with Crippen molar-refractivity contribution in [3.8, 4) is 6.01 Å². The first kappa shape index (κ1) is 15.8. The third-order valence-corrected chi connectivity index (χ3v) is 5.13. The third kappa shape index (κ3) is 3.73. The summed E-state index contributed by atoms with van der Waals surface area (Å²) in [7, 11) is -1.80. The molecule has 1 unspecified atom stereocenters. The topological polar surface area (TPSA) is 110 Å². The second-order valence-electron chi connectivity index (χ2n) is 4.61. The van der Waals surface area contributed by atoms with Gasteiger partial charge in [-0.2, -0.15) is 4.98 Å². The molecule has 0 amide bonds. The van der Waals surface area contributed by atoms with Crippen LogP contribution < -0.4 is 9.64 Å². The van der Waals surface area contributed by atoms with Crippen LogP contribution in [0.4, 0.5) is 5.82 Å². The Morgan fingerprint density at radius 1 is 1.62 bits per heavy atom. The number of rotatable bonds is 5. The first-order valence-corrected chi connectivity index (χ1v) is 8.27. The Kier molecular flexibility index (Phi) is 4.52. The molecule has 2 heterocycles. The minimum Gasteiger partial charge on any atom is -0.480 e. The average molecular weight is 336 g/mol. The Morgan fingerprint density at radius 2 is 2.33 bits per heavy atom. The first-order chi connectivity index (χ1) is 9.82. The number of carboxylic acid groups (broad SMARTS) is 1. The van der Waals surface area contributed by atoms with Gasteiger partial charge in [-0.25, -0.2) is 13.4 Å². The summed E-state index contributed by atoms with van der Waals surface area (Å²) in [5, 5.41) is 9.18. The third-order valence-electron chi connectivity index (χ3n) is 3.11. The molecule has 0 aliphatic carbocycles. The van der Waals surface area contributed by atoms with Gasteiger partial charge >= 0.3 is 12.0 Å². The zero-order chi connectivity index (χ0) is 15.6. The largest absolute Gasteiger partial charge is 0.480 e. The highest BCUT2D eigenvalue weighted by atomic mass is 35.5. The molecule has 1 saturated heterocycles. The van der Waals surface area contributed by atoms with Crippen LogP contribution in [-0.4, -0.2) is 60.7 Å². The van der Waals surface area contributed by atoms with E-state index < -0.39 is 28.4 Å². The highest BCUT2D eigenvalue weighted by Gasteiger charge is 2.35. The lowest BCUT2D eigenvalue weighted by molar-refractivity contribution is -0.135. The molecule has 0 saturated carbocycles. The predicted octanol–water partition coefficient (Wildman–Crippen LogP) is 0.217. The summed E-state index contributed by atoms with van der Waals surface area (Å²) in [5.74, 6) is -1.04. The molecule has 1 atom stereocenters. The van der Waals surface area contributed by atoms with Gasteiger partial charge in [0.15, 0.2) is 15.7 Å². The summed E-state index contributed by atoms with van der Waals surface area (Å²) in [6.45, 7) is -0.403. The van der Waals surface area contributed by atoms with Gasteiger partial charge in [0.2, 0.25) is 0 Å². The number of ether oxygens (including phenoxy) is 1. The zero-order valence-corrected chi connectivity index (χ0v) is 12.8. The summed E-state index contributed by atoms with van der Waals surface area (Å²) in [6, 6.07) is -0.450. The van der Waals surface area contributed by atoms with Crippen molar-refractivity contribution in [2.75, 3.05) is 30.1 Å². The fraction of sp³-hybridized carbons (Fsp3) is 0.545. The van der Waals surface area contributed by atoms with E-state index in [2.05, 4.69) is 9.97 Å². The number of hydrogen-bond acceptors (Lipinski definition) is 7. The fourth-order valence-electron chi connectivity index (χ4n) is 2.19. The number of anilines is 1. The minimum absolute atomic E-state index is 0.0215. The number of hydrogen-bond donors (Lipinski definition) is 1. The summed E-state index contributed by atoms with van der Waals surface area (Å²) in [5.41, 5.74) is 0. The summed E-state index contributed by atoms with van der Waals surface area (Å²) in [6.07, 6.45) is 1.62. The van der Waals surface area contributed by atoms with Crippen LogP contribution in [0, 0.1) is 0 Å². The SMILES string of the molecule is COc1ncc(Cl)c(N(CC(=O)O)C2CCS(=O)(=O)C2)n1. The van der Waals surface area contributed by atoms with Crippen LogP contribution >= 0.6 is 11.6 Å². The normalized spacial score (nSPS) is 20.2. The van der Waals surface area contributed by atoms with Crippen LogP contribution in [0.3, 0.4) is 0 Å². The van der Waals surface area contributed by atoms with Crippen molar-refractivity contribution < 1.29 is 23.1 Å². The van der Waals surface area contributed by atoms with Crippen molar-refractivity contribution in [1.29, 1.82) is 0 Å². The van der Waals surface area contributed by atoms with Crippen LogP contribution in [0.25, 0.3) is 0 Å². The van der Waals surface area contributed by atoms with E-state index in [1.165, 1.54) is 18.2 Å². The molecule has 8 nitrogen and oxygen atoms in total. The molecule has 116 valence electrons. The lowest BCUT2D eigenvalue weighted by Gasteiger charge is -2.28. The minimum atomic E-state index is -3.17. The lowest BCUT2D eigenvalue weighted by Crippen LogP contribution is -2.40. The second kappa shape index (κ2) is 6.02. The zero-order valence-electron chi connectivity index (χ0n) is 11.2. The standard InChI is InChI=1S/C11H14ClN3O5S/c1-20-11-13-4-8(12)10(14-11)15(5-9(16)17)7-2-3-21(18,19)6-7/h4,7H,2-3,5-6H2,1H3,(H,16,17). The molecule has 0 aromatic carbocycles. The number of sulfone groups is 1. The number of aromatic nitrogens is 2. The maximum Gasteiger partial charge on any atom is 0.323 e. The van der Waals surface area contributed by atoms with Crippen LogP contribution in [0.1, 0.15) is 6.42 Å². The molecule has 0 bridgehead atoms. The molecule has 10 heteroatoms. The van der Waals surface area contributed by atoms with Crippen LogP contribution in [-0.2, 0) is 14.6 Å². The molecule has 0 radical (unpaired) electrons. The Hall–Kier alpha value is -1.61. The van der Waals surface area contributed by atoms with Crippen LogP contribution in [0.2, 0.25) is 5.02 Å². The summed E-state index contributed by atoms with van der Waals surface area (Å²) in [4.78, 5) is 20.3. The van der Waals surface area contributed by atoms with E-state index >= 15 is 0 Å². The predicted molar refractivity (Wildman–Crippen MR) is 75.6 cm³/mol. The van der Waals surface area contributed by atoms with Crippen molar-refractivity contribution in [2.45, 2.75) is 12.5 Å². The molecule has 1 aliphatic rings. The molecule has 1 N–H and O–H groups in total. The molecule has 1 aromatic heterocycles. The van der Waals surface area contributed by atoms with E-state index in [-0.39, 0.29) is 28.4 Å². The van der Waals surface area contributed by atoms with Gasteiger partial charge in [-0.05, 0) is 6.42 Å². The van der Waals surface area contributed by atoms with Crippen molar-refractivity contribution in [1.82, 2.24) is 9.97 Å². The Morgan fingerprint density at radius 3 is 2.86 bits per heavy atom. The van der Waals surface area contributed by atoms with Gasteiger partial charge in [-0.3, -0.25) is 4.79 Å². The van der Waals surface area contributed by atoms with Gasteiger partial charge in [0.1, 0.15) is 11.6 Å². The van der Waals surface area contributed by atoms with Crippen molar-refractivity contribution >= 4 is 33.2 Å². The van der Waals surface area contributed by atoms with E-state index in [1.807, 2.05) is 0 Å². The van der Waals surface area contributed by atoms with Gasteiger partial charge in [-0.15, -0.1) is 0 Å². The lowest BCUT2D eigenvalue weighted by atomic mass is 10.2. The second-order valence-corrected chi connectivity index (χ2v) is 7.24. The molecular formula is C11H14ClN3O5S. The first-order valence-electron chi connectivity index (χ1n) is 6.08. The van der Waals surface area contributed by atoms with E-state index in [0.717, 1.165) is 0 Å². The van der Waals surface area contributed by atoms with Crippen molar-refractivity contribution in [3.05, 3.63) is 11.2 Å². The number of aliphatic carboxylic acids is 1. The number of carboxylic acids is 1. The molecule has 1 fully saturated rings. The van der Waals surface area contributed by atoms with Gasteiger partial charge < -0.3 is 14.7 Å². The van der Waals surface area contributed by atoms with Gasteiger partial charge in [0.05, 0.1) is 24.8 Å². The highest BCUT2D eigenvalue weighted by molar-refractivity contribution is 7.91. The molecule has 1 aromatic rings. The van der Waals surface area contributed by atoms with E-state index in [1.54, 1.807) is 0 Å². The number of nitrogens with zero attached hydrogens (tertiary/aromatic N) is 3. The van der Waals surface area contributed by atoms with Gasteiger partial charge in [-0.1, -0.05) is 11.6 Å². The highest BCUT2D eigenvalue weighted by Crippen LogP contribution is 2.29. The molecule has 0 spiro atoms. The number of methoxy groups -OCH3 is 1. The molecule has 2 rings (SSSR count). The number of carbonyl (C=O) groups is 1. The summed E-state index contributed by atoms with van der Waals surface area (Å²) < 4.78 is 28.1. The monoisotopic (exact) mass is 335 g/mol. The Labute approximate surface area is 126 Å². The van der Waals surface area contributed by atoms with Crippen LogP contribution in [0.15, 0.2) is 6.20 Å².